The van der Waals surface area contributed by atoms with Crippen LogP contribution in [0.15, 0.2) is 43.0 Å². The highest BCUT2D eigenvalue weighted by Crippen LogP contribution is 2.20. The fraction of sp³-hybridized carbons (Fsp3) is 0.520. The molecule has 0 spiro atoms. The lowest BCUT2D eigenvalue weighted by molar-refractivity contribution is -0.161. The van der Waals surface area contributed by atoms with Crippen molar-refractivity contribution in [2.75, 3.05) is 6.61 Å². The third-order valence-corrected chi connectivity index (χ3v) is 3.97. The molecule has 1 atom stereocenters. The third-order valence-electron chi connectivity index (χ3n) is 3.97. The first kappa shape index (κ1) is 28.7. The summed E-state index contributed by atoms with van der Waals surface area (Å²) >= 11 is 0. The predicted molar refractivity (Wildman–Crippen MR) is 125 cm³/mol. The van der Waals surface area contributed by atoms with Crippen LogP contribution in [0.5, 0.6) is 0 Å². The topological polar surface area (TPSA) is 108 Å². The minimum atomic E-state index is -1.48. The van der Waals surface area contributed by atoms with Gasteiger partial charge in [-0.1, -0.05) is 43.0 Å². The van der Waals surface area contributed by atoms with E-state index in [2.05, 4.69) is 6.58 Å². The van der Waals surface area contributed by atoms with Gasteiger partial charge in [-0.05, 0) is 53.5 Å². The zero-order valence-corrected chi connectivity index (χ0v) is 20.8. The second-order valence-corrected chi connectivity index (χ2v) is 9.45. The van der Waals surface area contributed by atoms with Gasteiger partial charge in [0.25, 0.3) is 0 Å². The molecule has 9 heteroatoms. The first-order valence-corrected chi connectivity index (χ1v) is 11.0. The Bertz CT molecular complexity index is 852. The highest BCUT2D eigenvalue weighted by atomic mass is 16.6. The van der Waals surface area contributed by atoms with E-state index in [-0.39, 0.29) is 26.1 Å². The minimum absolute atomic E-state index is 0.00909. The maximum atomic E-state index is 13.0. The zero-order chi connectivity index (χ0) is 25.9. The molecule has 0 aliphatic carbocycles. The molecule has 0 aliphatic heterocycles. The molecule has 0 N–H and O–H groups in total. The molecule has 1 aromatic carbocycles. The molecule has 0 aliphatic rings. The van der Waals surface area contributed by atoms with E-state index in [9.17, 15) is 19.2 Å². The van der Waals surface area contributed by atoms with E-state index in [1.54, 1.807) is 65.8 Å². The van der Waals surface area contributed by atoms with Crippen LogP contribution in [0.1, 0.15) is 59.9 Å². The molecule has 188 valence electrons. The van der Waals surface area contributed by atoms with Gasteiger partial charge in [-0.15, -0.1) is 0 Å². The molecular formula is C25H35NO8. The standard InChI is InChI=1S/C25H35NO8/c1-8-16-31-20(27)15-14-19(21(28)33-24(2,3)4)26(23(30)34-25(5,6)7)22(29)32-17-18-12-10-9-11-13-18/h8-13,19H,1,14-17H2,2-7H3/t19-/m1/s1. The quantitative estimate of drug-likeness (QED) is 0.284. The van der Waals surface area contributed by atoms with Gasteiger partial charge in [-0.3, -0.25) is 4.79 Å². The van der Waals surface area contributed by atoms with Crippen molar-refractivity contribution in [1.82, 2.24) is 4.90 Å². The van der Waals surface area contributed by atoms with Gasteiger partial charge in [-0.2, -0.15) is 4.90 Å². The minimum Gasteiger partial charge on any atom is -0.461 e. The lowest BCUT2D eigenvalue weighted by Crippen LogP contribution is -2.52. The summed E-state index contributed by atoms with van der Waals surface area (Å²) in [5.74, 6) is -1.51. The number of rotatable bonds is 9. The Balaban J connectivity index is 3.23. The number of benzene rings is 1. The number of nitrogens with zero attached hydrogens (tertiary/aromatic N) is 1. The van der Waals surface area contributed by atoms with E-state index in [1.165, 1.54) is 6.08 Å². The summed E-state index contributed by atoms with van der Waals surface area (Å²) < 4.78 is 21.0. The molecule has 0 aromatic heterocycles. The number of ether oxygens (including phenoxy) is 4. The van der Waals surface area contributed by atoms with Crippen LogP contribution in [-0.2, 0) is 35.1 Å². The highest BCUT2D eigenvalue weighted by molar-refractivity contribution is 5.94. The highest BCUT2D eigenvalue weighted by Gasteiger charge is 2.41. The van der Waals surface area contributed by atoms with Crippen LogP contribution in [0.25, 0.3) is 0 Å². The summed E-state index contributed by atoms with van der Waals surface area (Å²) in [4.78, 5) is 51.7. The molecular weight excluding hydrogens is 442 g/mol. The summed E-state index contributed by atoms with van der Waals surface area (Å²) in [6.45, 7) is 13.1. The third kappa shape index (κ3) is 11.0. The Morgan fingerprint density at radius 3 is 2.03 bits per heavy atom. The summed E-state index contributed by atoms with van der Waals surface area (Å²) in [7, 11) is 0. The molecule has 0 unspecified atom stereocenters. The monoisotopic (exact) mass is 477 g/mol. The van der Waals surface area contributed by atoms with E-state index < -0.39 is 41.4 Å². The summed E-state index contributed by atoms with van der Waals surface area (Å²) in [6.07, 6.45) is -1.31. The van der Waals surface area contributed by atoms with Crippen LogP contribution in [-0.4, -0.2) is 52.9 Å². The van der Waals surface area contributed by atoms with Gasteiger partial charge in [-0.25, -0.2) is 14.4 Å². The summed E-state index contributed by atoms with van der Waals surface area (Å²) in [6, 6.07) is 7.36. The molecule has 0 saturated heterocycles. The van der Waals surface area contributed by atoms with E-state index in [0.717, 1.165) is 0 Å². The van der Waals surface area contributed by atoms with Gasteiger partial charge in [0, 0.05) is 6.42 Å². The van der Waals surface area contributed by atoms with Crippen LogP contribution in [0, 0.1) is 0 Å². The first-order chi connectivity index (χ1) is 15.7. The largest absolute Gasteiger partial charge is 0.461 e. The Morgan fingerprint density at radius 2 is 1.50 bits per heavy atom. The Kier molecular flexibility index (Phi) is 10.8. The van der Waals surface area contributed by atoms with Crippen LogP contribution >= 0.6 is 0 Å². The number of carbonyl (C=O) groups is 4. The maximum absolute atomic E-state index is 13.0. The lowest BCUT2D eigenvalue weighted by atomic mass is 10.1. The van der Waals surface area contributed by atoms with Crippen molar-refractivity contribution in [1.29, 1.82) is 0 Å². The molecule has 0 bridgehead atoms. The number of carbonyl (C=O) groups excluding carboxylic acids is 4. The number of amides is 2. The molecule has 1 aromatic rings. The van der Waals surface area contributed by atoms with Gasteiger partial charge >= 0.3 is 24.1 Å². The van der Waals surface area contributed by atoms with Crippen LogP contribution in [0.3, 0.4) is 0 Å². The average molecular weight is 478 g/mol. The van der Waals surface area contributed by atoms with Crippen molar-refractivity contribution >= 4 is 24.1 Å². The van der Waals surface area contributed by atoms with Crippen molar-refractivity contribution in [2.24, 2.45) is 0 Å². The number of hydrogen-bond donors (Lipinski definition) is 0. The normalized spacial score (nSPS) is 12.2. The SMILES string of the molecule is C=CCOC(=O)CC[C@H](C(=O)OC(C)(C)C)N(C(=O)OCc1ccccc1)C(=O)OC(C)(C)C. The smallest absolute Gasteiger partial charge is 0.420 e. The number of hydrogen-bond acceptors (Lipinski definition) is 8. The molecule has 0 saturated carbocycles. The summed E-state index contributed by atoms with van der Waals surface area (Å²) in [5, 5.41) is 0. The molecule has 2 amide bonds. The second-order valence-electron chi connectivity index (χ2n) is 9.45. The van der Waals surface area contributed by atoms with Crippen molar-refractivity contribution in [3.63, 3.8) is 0 Å². The van der Waals surface area contributed by atoms with E-state index in [4.69, 9.17) is 18.9 Å². The van der Waals surface area contributed by atoms with Gasteiger partial charge in [0.15, 0.2) is 0 Å². The van der Waals surface area contributed by atoms with Crippen molar-refractivity contribution in [3.8, 4) is 0 Å². The number of imide groups is 1. The van der Waals surface area contributed by atoms with Crippen molar-refractivity contribution in [3.05, 3.63) is 48.6 Å². The van der Waals surface area contributed by atoms with Crippen molar-refractivity contribution in [2.45, 2.75) is 78.2 Å². The predicted octanol–water partition coefficient (Wildman–Crippen LogP) is 4.78. The van der Waals surface area contributed by atoms with Crippen molar-refractivity contribution < 1.29 is 38.1 Å². The van der Waals surface area contributed by atoms with E-state index >= 15 is 0 Å². The summed E-state index contributed by atoms with van der Waals surface area (Å²) in [5.41, 5.74) is -1.19. The second kappa shape index (κ2) is 12.8. The Labute approximate surface area is 201 Å². The van der Waals surface area contributed by atoms with Gasteiger partial charge in [0.05, 0.1) is 0 Å². The number of esters is 2. The lowest BCUT2D eigenvalue weighted by Gasteiger charge is -2.32. The molecule has 0 fully saturated rings. The molecule has 9 nitrogen and oxygen atoms in total. The van der Waals surface area contributed by atoms with Crippen LogP contribution in [0.4, 0.5) is 9.59 Å². The molecule has 0 heterocycles. The van der Waals surface area contributed by atoms with Gasteiger partial charge in [0.2, 0.25) is 0 Å². The van der Waals surface area contributed by atoms with Crippen LogP contribution < -0.4 is 0 Å². The molecule has 34 heavy (non-hydrogen) atoms. The Morgan fingerprint density at radius 1 is 0.912 bits per heavy atom. The molecule has 0 radical (unpaired) electrons. The fourth-order valence-corrected chi connectivity index (χ4v) is 2.63. The first-order valence-electron chi connectivity index (χ1n) is 11.0. The van der Waals surface area contributed by atoms with Gasteiger partial charge < -0.3 is 18.9 Å². The molecule has 1 rings (SSSR count). The Hall–Kier alpha value is -3.36. The maximum Gasteiger partial charge on any atom is 0.420 e. The van der Waals surface area contributed by atoms with Gasteiger partial charge in [0.1, 0.15) is 30.5 Å². The van der Waals surface area contributed by atoms with Crippen LogP contribution in [0.2, 0.25) is 0 Å². The average Bonchev–Trinajstić information content (AvgIpc) is 2.71. The van der Waals surface area contributed by atoms with E-state index in [0.29, 0.717) is 10.5 Å². The fourth-order valence-electron chi connectivity index (χ4n) is 2.63. The zero-order valence-electron chi connectivity index (χ0n) is 20.8. The van der Waals surface area contributed by atoms with E-state index in [1.807, 2.05) is 6.07 Å².